The molecule has 0 aliphatic rings. The van der Waals surface area contributed by atoms with E-state index in [-0.39, 0.29) is 5.82 Å². The minimum atomic E-state index is -0.169. The van der Waals surface area contributed by atoms with Gasteiger partial charge in [0.2, 0.25) is 0 Å². The van der Waals surface area contributed by atoms with Crippen molar-refractivity contribution in [3.63, 3.8) is 0 Å². The third-order valence-electron chi connectivity index (χ3n) is 0.905. The maximum atomic E-state index is 12.3. The standard InChI is InChI=1S/C6H6FP/c7-5-3-1-2-4-6(5)8/h1-4H,8H2. The second-order valence-electron chi connectivity index (χ2n) is 1.52. The molecule has 0 spiro atoms. The van der Waals surface area contributed by atoms with Crippen LogP contribution >= 0.6 is 9.24 Å². The predicted octanol–water partition coefficient (Wildman–Crippen LogP) is 1.33. The summed E-state index contributed by atoms with van der Waals surface area (Å²) in [5, 5.41) is 0.618. The van der Waals surface area contributed by atoms with Crippen molar-refractivity contribution in [3.8, 4) is 0 Å². The van der Waals surface area contributed by atoms with Crippen molar-refractivity contribution in [1.82, 2.24) is 0 Å². The van der Waals surface area contributed by atoms with Crippen LogP contribution in [0.1, 0.15) is 0 Å². The number of rotatable bonds is 0. The lowest BCUT2D eigenvalue weighted by atomic mass is 10.3. The van der Waals surface area contributed by atoms with Gasteiger partial charge in [0.15, 0.2) is 0 Å². The first-order chi connectivity index (χ1) is 3.80. The largest absolute Gasteiger partial charge is 0.206 e. The van der Waals surface area contributed by atoms with E-state index >= 15 is 0 Å². The molecule has 0 nitrogen and oxygen atoms in total. The summed E-state index contributed by atoms with van der Waals surface area (Å²) in [6, 6.07) is 6.61. The van der Waals surface area contributed by atoms with Crippen LogP contribution < -0.4 is 5.30 Å². The molecule has 0 radical (unpaired) electrons. The average molecular weight is 128 g/mol. The normalized spacial score (nSPS) is 9.25. The molecule has 1 atom stereocenters. The molecule has 42 valence electrons. The van der Waals surface area contributed by atoms with Gasteiger partial charge < -0.3 is 0 Å². The molecule has 0 heterocycles. The molecule has 8 heavy (non-hydrogen) atoms. The van der Waals surface area contributed by atoms with Crippen LogP contribution in [0.15, 0.2) is 24.3 Å². The van der Waals surface area contributed by atoms with Crippen molar-refractivity contribution in [1.29, 1.82) is 0 Å². The Balaban J connectivity index is 3.13. The van der Waals surface area contributed by atoms with E-state index in [1.165, 1.54) is 6.07 Å². The molecule has 1 rings (SSSR count). The Kier molecular flexibility index (Phi) is 1.59. The fourth-order valence-corrected chi connectivity index (χ4v) is 0.682. The molecule has 0 bridgehead atoms. The number of benzene rings is 1. The summed E-state index contributed by atoms with van der Waals surface area (Å²) >= 11 is 0. The Bertz CT molecular complexity index is 165. The third-order valence-corrected chi connectivity index (χ3v) is 1.37. The summed E-state index contributed by atoms with van der Waals surface area (Å²) in [5.41, 5.74) is 0. The zero-order valence-corrected chi connectivity index (χ0v) is 5.42. The molecule has 1 unspecified atom stereocenters. The Morgan fingerprint density at radius 1 is 1.25 bits per heavy atom. The van der Waals surface area contributed by atoms with Gasteiger partial charge in [-0.15, -0.1) is 9.24 Å². The van der Waals surface area contributed by atoms with Crippen LogP contribution in [0.4, 0.5) is 4.39 Å². The van der Waals surface area contributed by atoms with E-state index in [4.69, 9.17) is 0 Å². The van der Waals surface area contributed by atoms with Gasteiger partial charge in [0, 0.05) is 5.30 Å². The van der Waals surface area contributed by atoms with E-state index in [0.29, 0.717) is 5.30 Å². The summed E-state index contributed by atoms with van der Waals surface area (Å²) in [6.45, 7) is 0. The fourth-order valence-electron chi connectivity index (χ4n) is 0.475. The monoisotopic (exact) mass is 128 g/mol. The summed E-state index contributed by atoms with van der Waals surface area (Å²) in [5.74, 6) is -0.169. The van der Waals surface area contributed by atoms with E-state index in [0.717, 1.165) is 0 Å². The maximum absolute atomic E-state index is 12.3. The van der Waals surface area contributed by atoms with Crippen molar-refractivity contribution in [2.75, 3.05) is 0 Å². The van der Waals surface area contributed by atoms with Gasteiger partial charge in [-0.1, -0.05) is 18.2 Å². The predicted molar refractivity (Wildman–Crippen MR) is 35.7 cm³/mol. The summed E-state index contributed by atoms with van der Waals surface area (Å²) in [7, 11) is 2.31. The van der Waals surface area contributed by atoms with E-state index in [1.807, 2.05) is 0 Å². The Morgan fingerprint density at radius 3 is 2.25 bits per heavy atom. The molecular formula is C6H6FP. The van der Waals surface area contributed by atoms with Gasteiger partial charge in [-0.05, 0) is 6.07 Å². The van der Waals surface area contributed by atoms with Crippen LogP contribution in [0.25, 0.3) is 0 Å². The van der Waals surface area contributed by atoms with Crippen molar-refractivity contribution < 1.29 is 4.39 Å². The zero-order valence-electron chi connectivity index (χ0n) is 4.26. The van der Waals surface area contributed by atoms with Crippen molar-refractivity contribution in [2.24, 2.45) is 0 Å². The SMILES string of the molecule is Fc1ccccc1P. The van der Waals surface area contributed by atoms with Gasteiger partial charge in [-0.3, -0.25) is 0 Å². The second-order valence-corrected chi connectivity index (χ2v) is 2.14. The second kappa shape index (κ2) is 2.23. The van der Waals surface area contributed by atoms with Crippen molar-refractivity contribution >= 4 is 14.5 Å². The van der Waals surface area contributed by atoms with Crippen LogP contribution in [0.5, 0.6) is 0 Å². The van der Waals surface area contributed by atoms with Gasteiger partial charge in [-0.2, -0.15) is 0 Å². The molecule has 0 N–H and O–H groups in total. The van der Waals surface area contributed by atoms with Gasteiger partial charge in [0.1, 0.15) is 5.82 Å². The van der Waals surface area contributed by atoms with E-state index in [9.17, 15) is 4.39 Å². The van der Waals surface area contributed by atoms with Gasteiger partial charge in [0.25, 0.3) is 0 Å². The molecule has 0 aliphatic carbocycles. The molecule has 0 aliphatic heterocycles. The van der Waals surface area contributed by atoms with E-state index < -0.39 is 0 Å². The van der Waals surface area contributed by atoms with Crippen molar-refractivity contribution in [2.45, 2.75) is 0 Å². The Morgan fingerprint density at radius 2 is 1.88 bits per heavy atom. The van der Waals surface area contributed by atoms with Gasteiger partial charge in [0.05, 0.1) is 0 Å². The van der Waals surface area contributed by atoms with Crippen LogP contribution in [0.3, 0.4) is 0 Å². The van der Waals surface area contributed by atoms with Gasteiger partial charge in [-0.25, -0.2) is 4.39 Å². The van der Waals surface area contributed by atoms with Gasteiger partial charge >= 0.3 is 0 Å². The smallest absolute Gasteiger partial charge is 0.130 e. The molecule has 0 saturated heterocycles. The Labute approximate surface area is 49.9 Å². The molecule has 0 aromatic heterocycles. The average Bonchev–Trinajstić information content (AvgIpc) is 1.77. The summed E-state index contributed by atoms with van der Waals surface area (Å²) < 4.78 is 12.3. The highest BCUT2D eigenvalue weighted by atomic mass is 31.0. The minimum absolute atomic E-state index is 0.169. The topological polar surface area (TPSA) is 0 Å². The third kappa shape index (κ3) is 1.05. The molecular weight excluding hydrogens is 122 g/mol. The number of halogens is 1. The van der Waals surface area contributed by atoms with E-state index in [1.54, 1.807) is 18.2 Å². The first kappa shape index (κ1) is 5.71. The lowest BCUT2D eigenvalue weighted by Gasteiger charge is -1.89. The van der Waals surface area contributed by atoms with Crippen molar-refractivity contribution in [3.05, 3.63) is 30.1 Å². The molecule has 1 aromatic rings. The van der Waals surface area contributed by atoms with Crippen LogP contribution in [-0.4, -0.2) is 0 Å². The molecule has 0 saturated carbocycles. The highest BCUT2D eigenvalue weighted by Gasteiger charge is 1.88. The number of hydrogen-bond donors (Lipinski definition) is 0. The zero-order chi connectivity index (χ0) is 5.98. The molecule has 2 heteroatoms. The van der Waals surface area contributed by atoms with E-state index in [2.05, 4.69) is 9.24 Å². The Hall–Kier alpha value is -0.420. The fraction of sp³-hybridized carbons (Fsp3) is 0. The lowest BCUT2D eigenvalue weighted by molar-refractivity contribution is 0.636. The highest BCUT2D eigenvalue weighted by molar-refractivity contribution is 7.27. The van der Waals surface area contributed by atoms with Crippen LogP contribution in [-0.2, 0) is 0 Å². The minimum Gasteiger partial charge on any atom is -0.206 e. The van der Waals surface area contributed by atoms with Crippen LogP contribution in [0.2, 0.25) is 0 Å². The lowest BCUT2D eigenvalue weighted by Crippen LogP contribution is -1.94. The maximum Gasteiger partial charge on any atom is 0.130 e. The highest BCUT2D eigenvalue weighted by Crippen LogP contribution is 1.95. The molecule has 0 amide bonds. The molecule has 0 fully saturated rings. The first-order valence-corrected chi connectivity index (χ1v) is 2.88. The number of hydrogen-bond acceptors (Lipinski definition) is 0. The first-order valence-electron chi connectivity index (χ1n) is 2.31. The van der Waals surface area contributed by atoms with Crippen LogP contribution in [0, 0.1) is 5.82 Å². The summed E-state index contributed by atoms with van der Waals surface area (Å²) in [6.07, 6.45) is 0. The quantitative estimate of drug-likeness (QED) is 0.462. The summed E-state index contributed by atoms with van der Waals surface area (Å²) in [4.78, 5) is 0. The molecule has 1 aromatic carbocycles.